The molecule has 2 aromatic carbocycles. The molecule has 0 bridgehead atoms. The molecule has 2 fully saturated rings. The van der Waals surface area contributed by atoms with Crippen LogP contribution in [0.4, 0.5) is 0 Å². The fourth-order valence-electron chi connectivity index (χ4n) is 4.76. The van der Waals surface area contributed by atoms with Gasteiger partial charge in [0.1, 0.15) is 17.9 Å². The van der Waals surface area contributed by atoms with Crippen LogP contribution in [0.15, 0.2) is 48.5 Å². The number of hydrogen-bond donors (Lipinski definition) is 3. The summed E-state index contributed by atoms with van der Waals surface area (Å²) in [5.41, 5.74) is 1.20. The first kappa shape index (κ1) is 23.0. The summed E-state index contributed by atoms with van der Waals surface area (Å²) in [6.45, 7) is 4.20. The number of ketones is 1. The molecular formula is C26H30N2O5. The molecule has 1 saturated heterocycles. The highest BCUT2D eigenvalue weighted by molar-refractivity contribution is 5.98. The average molecular weight is 451 g/mol. The van der Waals surface area contributed by atoms with Crippen molar-refractivity contribution in [3.8, 4) is 5.75 Å². The highest BCUT2D eigenvalue weighted by Gasteiger charge is 2.55. The van der Waals surface area contributed by atoms with Crippen molar-refractivity contribution in [2.24, 2.45) is 0 Å². The van der Waals surface area contributed by atoms with Crippen LogP contribution in [0.5, 0.6) is 5.75 Å². The zero-order valence-electron chi connectivity index (χ0n) is 19.0. The monoisotopic (exact) mass is 450 g/mol. The number of aromatic hydroxyl groups is 1. The number of benzene rings is 2. The molecule has 3 atom stereocenters. The van der Waals surface area contributed by atoms with Crippen LogP contribution >= 0.6 is 0 Å². The van der Waals surface area contributed by atoms with Gasteiger partial charge in [-0.3, -0.25) is 14.4 Å². The van der Waals surface area contributed by atoms with E-state index in [1.165, 1.54) is 12.1 Å². The van der Waals surface area contributed by atoms with E-state index in [1.807, 2.05) is 12.1 Å². The maximum atomic E-state index is 13.4. The molecule has 3 unspecified atom stereocenters. The molecule has 7 heteroatoms. The number of ether oxygens (including phenoxy) is 1. The van der Waals surface area contributed by atoms with Crippen LogP contribution in [0.1, 0.15) is 66.4 Å². The lowest BCUT2D eigenvalue weighted by Crippen LogP contribution is -2.57. The van der Waals surface area contributed by atoms with E-state index in [9.17, 15) is 19.5 Å². The minimum absolute atomic E-state index is 0.00481. The number of rotatable bonds is 7. The lowest BCUT2D eigenvalue weighted by atomic mass is 9.89. The molecule has 0 spiro atoms. The summed E-state index contributed by atoms with van der Waals surface area (Å²) in [4.78, 5) is 38.8. The number of phenolic OH excluding ortho intramolecular Hbond substituents is 1. The molecule has 2 aliphatic rings. The maximum absolute atomic E-state index is 13.4. The van der Waals surface area contributed by atoms with Gasteiger partial charge in [0.05, 0.1) is 12.0 Å². The van der Waals surface area contributed by atoms with Gasteiger partial charge in [-0.1, -0.05) is 38.1 Å². The topological polar surface area (TPSA) is 105 Å². The molecule has 0 aromatic heterocycles. The molecule has 1 saturated carbocycles. The van der Waals surface area contributed by atoms with Crippen molar-refractivity contribution in [1.82, 2.24) is 10.6 Å². The molecular weight excluding hydrogens is 420 g/mol. The largest absolute Gasteiger partial charge is 0.508 e. The Morgan fingerprint density at radius 2 is 1.91 bits per heavy atom. The fourth-order valence-corrected chi connectivity index (χ4v) is 4.76. The lowest BCUT2D eigenvalue weighted by molar-refractivity contribution is -0.130. The Morgan fingerprint density at radius 1 is 1.15 bits per heavy atom. The molecule has 3 N–H and O–H groups in total. The Labute approximate surface area is 193 Å². The van der Waals surface area contributed by atoms with Crippen molar-refractivity contribution in [2.45, 2.75) is 56.6 Å². The second-order valence-electron chi connectivity index (χ2n) is 9.21. The van der Waals surface area contributed by atoms with E-state index in [0.717, 1.165) is 18.4 Å². The predicted octanol–water partition coefficient (Wildman–Crippen LogP) is 3.04. The number of phenols is 1. The highest BCUT2D eigenvalue weighted by Crippen LogP contribution is 2.38. The Morgan fingerprint density at radius 3 is 2.61 bits per heavy atom. The van der Waals surface area contributed by atoms with Gasteiger partial charge in [-0.25, -0.2) is 0 Å². The quantitative estimate of drug-likeness (QED) is 0.601. The third kappa shape index (κ3) is 4.64. The smallest absolute Gasteiger partial charge is 0.251 e. The third-order valence-corrected chi connectivity index (χ3v) is 6.74. The normalized spacial score (nSPS) is 22.8. The van der Waals surface area contributed by atoms with Crippen LogP contribution in [0.3, 0.4) is 0 Å². The van der Waals surface area contributed by atoms with E-state index in [-0.39, 0.29) is 42.6 Å². The molecule has 2 aromatic rings. The standard InChI is InChI=1S/C26H30N2O5/c1-16(2)17-8-10-18(11-9-17)24(31)27-14-21(19-5-3-6-20(29)13-19)25(32)28-26-12-4-7-23(26)33-15-22(26)30/h3,5-6,8-11,13,16,21,23,29H,4,7,12,14-15H2,1-2H3,(H,27,31)(H,28,32). The third-order valence-electron chi connectivity index (χ3n) is 6.74. The summed E-state index contributed by atoms with van der Waals surface area (Å²) in [6, 6.07) is 13.8. The Hall–Kier alpha value is -3.19. The van der Waals surface area contributed by atoms with E-state index in [4.69, 9.17) is 4.74 Å². The Balaban J connectivity index is 1.52. The minimum Gasteiger partial charge on any atom is -0.508 e. The van der Waals surface area contributed by atoms with Crippen molar-refractivity contribution in [2.75, 3.05) is 13.2 Å². The number of Topliss-reactive ketones (excluding diaryl/α,β-unsaturated/α-hetero) is 1. The maximum Gasteiger partial charge on any atom is 0.251 e. The minimum atomic E-state index is -0.997. The van der Waals surface area contributed by atoms with Gasteiger partial charge in [-0.05, 0) is 60.6 Å². The zero-order chi connectivity index (χ0) is 23.6. The fraction of sp³-hybridized carbons (Fsp3) is 0.423. The summed E-state index contributed by atoms with van der Waals surface area (Å²) in [5.74, 6) is -1.16. The first-order valence-electron chi connectivity index (χ1n) is 11.4. The molecule has 0 radical (unpaired) electrons. The van der Waals surface area contributed by atoms with Crippen LogP contribution in [-0.4, -0.2) is 47.5 Å². The number of carbonyl (C=O) groups is 3. The van der Waals surface area contributed by atoms with E-state index in [2.05, 4.69) is 24.5 Å². The SMILES string of the molecule is CC(C)c1ccc(C(=O)NCC(C(=O)NC23CCCC2OCC3=O)c2cccc(O)c2)cc1. The second kappa shape index (κ2) is 9.35. The van der Waals surface area contributed by atoms with E-state index >= 15 is 0 Å². The number of fused-ring (bicyclic) bond motifs is 1. The van der Waals surface area contributed by atoms with Crippen molar-refractivity contribution < 1.29 is 24.2 Å². The molecule has 4 rings (SSSR count). The van der Waals surface area contributed by atoms with Crippen LogP contribution < -0.4 is 10.6 Å². The summed E-state index contributed by atoms with van der Waals surface area (Å²) in [5, 5.41) is 15.8. The molecule has 1 aliphatic carbocycles. The molecule has 1 heterocycles. The number of amides is 2. The highest BCUT2D eigenvalue weighted by atomic mass is 16.5. The molecule has 33 heavy (non-hydrogen) atoms. The van der Waals surface area contributed by atoms with Crippen molar-refractivity contribution >= 4 is 17.6 Å². The number of hydrogen-bond acceptors (Lipinski definition) is 5. The van der Waals surface area contributed by atoms with Crippen molar-refractivity contribution in [3.05, 3.63) is 65.2 Å². The van der Waals surface area contributed by atoms with Gasteiger partial charge in [0.25, 0.3) is 5.91 Å². The van der Waals surface area contributed by atoms with Crippen LogP contribution in [0.2, 0.25) is 0 Å². The first-order chi connectivity index (χ1) is 15.8. The molecule has 174 valence electrons. The van der Waals surface area contributed by atoms with E-state index < -0.39 is 11.5 Å². The van der Waals surface area contributed by atoms with E-state index in [1.54, 1.807) is 24.3 Å². The summed E-state index contributed by atoms with van der Waals surface area (Å²) >= 11 is 0. The summed E-state index contributed by atoms with van der Waals surface area (Å²) < 4.78 is 5.61. The van der Waals surface area contributed by atoms with Gasteiger partial charge < -0.3 is 20.5 Å². The van der Waals surface area contributed by atoms with Gasteiger partial charge in [0.2, 0.25) is 5.91 Å². The predicted molar refractivity (Wildman–Crippen MR) is 123 cm³/mol. The Bertz CT molecular complexity index is 1050. The Kier molecular flexibility index (Phi) is 6.51. The van der Waals surface area contributed by atoms with Crippen LogP contribution in [0.25, 0.3) is 0 Å². The number of carbonyl (C=O) groups excluding carboxylic acids is 3. The second-order valence-corrected chi connectivity index (χ2v) is 9.21. The van der Waals surface area contributed by atoms with Crippen molar-refractivity contribution in [3.63, 3.8) is 0 Å². The average Bonchev–Trinajstić information content (AvgIpc) is 3.33. The van der Waals surface area contributed by atoms with Crippen LogP contribution in [-0.2, 0) is 14.3 Å². The summed E-state index contributed by atoms with van der Waals surface area (Å²) in [7, 11) is 0. The molecule has 1 aliphatic heterocycles. The lowest BCUT2D eigenvalue weighted by Gasteiger charge is -2.30. The van der Waals surface area contributed by atoms with Gasteiger partial charge in [0.15, 0.2) is 5.78 Å². The summed E-state index contributed by atoms with van der Waals surface area (Å²) in [6.07, 6.45) is 1.76. The van der Waals surface area contributed by atoms with Crippen molar-refractivity contribution in [1.29, 1.82) is 0 Å². The molecule has 2 amide bonds. The van der Waals surface area contributed by atoms with Gasteiger partial charge >= 0.3 is 0 Å². The van der Waals surface area contributed by atoms with Crippen LogP contribution in [0, 0.1) is 0 Å². The van der Waals surface area contributed by atoms with Gasteiger partial charge in [-0.15, -0.1) is 0 Å². The zero-order valence-corrected chi connectivity index (χ0v) is 19.0. The first-order valence-corrected chi connectivity index (χ1v) is 11.4. The number of nitrogens with one attached hydrogen (secondary N) is 2. The van der Waals surface area contributed by atoms with E-state index in [0.29, 0.717) is 23.5 Å². The van der Waals surface area contributed by atoms with Gasteiger partial charge in [0, 0.05) is 12.1 Å². The van der Waals surface area contributed by atoms with Gasteiger partial charge in [-0.2, -0.15) is 0 Å². The molecule has 7 nitrogen and oxygen atoms in total.